The van der Waals surface area contributed by atoms with Crippen LogP contribution in [0.2, 0.25) is 5.02 Å². The van der Waals surface area contributed by atoms with Gasteiger partial charge in [0.2, 0.25) is 0 Å². The van der Waals surface area contributed by atoms with Crippen molar-refractivity contribution in [3.63, 3.8) is 0 Å². The molecule has 0 saturated heterocycles. The molecule has 1 N–H and O–H groups in total. The predicted octanol–water partition coefficient (Wildman–Crippen LogP) is 2.67. The summed E-state index contributed by atoms with van der Waals surface area (Å²) < 4.78 is 13.1. The Morgan fingerprint density at radius 3 is 2.69 bits per heavy atom. The fourth-order valence-electron chi connectivity index (χ4n) is 0.986. The summed E-state index contributed by atoms with van der Waals surface area (Å²) in [4.78, 5) is 10.5. The predicted molar refractivity (Wildman–Crippen MR) is 47.5 cm³/mol. The summed E-state index contributed by atoms with van der Waals surface area (Å²) in [6.45, 7) is 1.43. The van der Waals surface area contributed by atoms with Crippen LogP contribution in [-0.2, 0) is 4.79 Å². The largest absolute Gasteiger partial charge is 0.481 e. The molecule has 0 spiro atoms. The maximum absolute atomic E-state index is 13.1. The lowest BCUT2D eigenvalue weighted by atomic mass is 10.0. The van der Waals surface area contributed by atoms with Gasteiger partial charge in [-0.05, 0) is 19.1 Å². The van der Waals surface area contributed by atoms with E-state index < -0.39 is 17.7 Å². The number of hydrogen-bond acceptors (Lipinski definition) is 1. The lowest BCUT2D eigenvalue weighted by molar-refractivity contribution is -0.138. The van der Waals surface area contributed by atoms with Crippen molar-refractivity contribution in [2.24, 2.45) is 0 Å². The van der Waals surface area contributed by atoms with E-state index in [1.54, 1.807) is 0 Å². The van der Waals surface area contributed by atoms with Crippen LogP contribution in [-0.4, -0.2) is 11.1 Å². The second kappa shape index (κ2) is 3.75. The van der Waals surface area contributed by atoms with Crippen LogP contribution in [0, 0.1) is 5.82 Å². The fourth-order valence-corrected chi connectivity index (χ4v) is 1.14. The number of hydrogen-bond donors (Lipinski definition) is 1. The Morgan fingerprint density at radius 2 is 2.23 bits per heavy atom. The molecule has 0 amide bonds. The summed E-state index contributed by atoms with van der Waals surface area (Å²) in [6, 6.07) is 3.96. The average Bonchev–Trinajstić information content (AvgIpc) is 2.03. The van der Waals surface area contributed by atoms with Crippen molar-refractivity contribution in [2.75, 3.05) is 0 Å². The van der Waals surface area contributed by atoms with E-state index >= 15 is 0 Å². The first-order valence-corrected chi connectivity index (χ1v) is 4.08. The van der Waals surface area contributed by atoms with Gasteiger partial charge >= 0.3 is 5.97 Å². The van der Waals surface area contributed by atoms with Crippen molar-refractivity contribution in [1.29, 1.82) is 0 Å². The highest BCUT2D eigenvalue weighted by Gasteiger charge is 2.17. The Bertz CT molecular complexity index is 338. The Labute approximate surface area is 80.0 Å². The number of carboxylic acid groups (broad SMARTS) is 1. The molecule has 1 aromatic rings. The van der Waals surface area contributed by atoms with Crippen LogP contribution in [0.5, 0.6) is 0 Å². The first kappa shape index (κ1) is 9.99. The summed E-state index contributed by atoms with van der Waals surface area (Å²) in [6.07, 6.45) is 0. The second-order valence-corrected chi connectivity index (χ2v) is 3.16. The number of aliphatic carboxylic acids is 1. The van der Waals surface area contributed by atoms with E-state index in [0.717, 1.165) is 6.07 Å². The number of benzene rings is 1. The highest BCUT2D eigenvalue weighted by molar-refractivity contribution is 6.30. The Hall–Kier alpha value is -1.09. The summed E-state index contributed by atoms with van der Waals surface area (Å²) in [5.74, 6) is -2.49. The molecule has 1 rings (SSSR count). The van der Waals surface area contributed by atoms with Crippen LogP contribution in [0.3, 0.4) is 0 Å². The molecule has 0 fully saturated rings. The quantitative estimate of drug-likeness (QED) is 0.801. The molecule has 0 aliphatic carbocycles. The Morgan fingerprint density at radius 1 is 1.62 bits per heavy atom. The summed E-state index contributed by atoms with van der Waals surface area (Å²) in [5.41, 5.74) is 0.150. The zero-order chi connectivity index (χ0) is 10.0. The average molecular weight is 203 g/mol. The van der Waals surface area contributed by atoms with Gasteiger partial charge in [0.1, 0.15) is 5.82 Å². The molecule has 2 nitrogen and oxygen atoms in total. The number of rotatable bonds is 2. The van der Waals surface area contributed by atoms with Gasteiger partial charge in [0.15, 0.2) is 0 Å². The van der Waals surface area contributed by atoms with E-state index in [4.69, 9.17) is 16.7 Å². The molecule has 1 aromatic carbocycles. The van der Waals surface area contributed by atoms with Crippen LogP contribution in [0.4, 0.5) is 4.39 Å². The zero-order valence-electron chi connectivity index (χ0n) is 6.92. The fraction of sp³-hybridized carbons (Fsp3) is 0.222. The Kier molecular flexibility index (Phi) is 2.88. The van der Waals surface area contributed by atoms with Gasteiger partial charge in [-0.15, -0.1) is 0 Å². The van der Waals surface area contributed by atoms with Crippen molar-refractivity contribution in [3.05, 3.63) is 34.6 Å². The minimum Gasteiger partial charge on any atom is -0.481 e. The van der Waals surface area contributed by atoms with Crippen molar-refractivity contribution < 1.29 is 14.3 Å². The molecule has 13 heavy (non-hydrogen) atoms. The third kappa shape index (κ3) is 2.18. The lowest BCUT2D eigenvalue weighted by Crippen LogP contribution is -2.09. The molecule has 0 aromatic heterocycles. The molecule has 0 saturated carbocycles. The van der Waals surface area contributed by atoms with E-state index in [-0.39, 0.29) is 10.6 Å². The van der Waals surface area contributed by atoms with Gasteiger partial charge < -0.3 is 5.11 Å². The smallest absolute Gasteiger partial charge is 0.310 e. The normalized spacial score (nSPS) is 12.5. The molecule has 0 aliphatic heterocycles. The van der Waals surface area contributed by atoms with E-state index in [9.17, 15) is 9.18 Å². The summed E-state index contributed by atoms with van der Waals surface area (Å²) in [5, 5.41) is 8.89. The number of halogens is 2. The minimum absolute atomic E-state index is 0.150. The molecular weight excluding hydrogens is 195 g/mol. The van der Waals surface area contributed by atoms with E-state index in [1.807, 2.05) is 0 Å². The van der Waals surface area contributed by atoms with Gasteiger partial charge in [0.25, 0.3) is 0 Å². The first-order valence-electron chi connectivity index (χ1n) is 3.70. The van der Waals surface area contributed by atoms with Gasteiger partial charge in [-0.25, -0.2) is 4.39 Å². The second-order valence-electron chi connectivity index (χ2n) is 2.73. The molecule has 1 unspecified atom stereocenters. The van der Waals surface area contributed by atoms with Gasteiger partial charge in [-0.1, -0.05) is 17.7 Å². The van der Waals surface area contributed by atoms with E-state index in [0.29, 0.717) is 0 Å². The van der Waals surface area contributed by atoms with Gasteiger partial charge in [0, 0.05) is 10.6 Å². The zero-order valence-corrected chi connectivity index (χ0v) is 7.68. The molecule has 4 heteroatoms. The SMILES string of the molecule is CC(C(=O)O)c1ccc(Cl)cc1F. The van der Waals surface area contributed by atoms with Crippen LogP contribution < -0.4 is 0 Å². The Balaban J connectivity index is 3.08. The molecule has 0 aliphatic rings. The van der Waals surface area contributed by atoms with Gasteiger partial charge in [0.05, 0.1) is 5.92 Å². The van der Waals surface area contributed by atoms with Crippen molar-refractivity contribution in [3.8, 4) is 0 Å². The van der Waals surface area contributed by atoms with Crippen molar-refractivity contribution in [1.82, 2.24) is 0 Å². The minimum atomic E-state index is -1.05. The van der Waals surface area contributed by atoms with Crippen LogP contribution in [0.15, 0.2) is 18.2 Å². The maximum Gasteiger partial charge on any atom is 0.310 e. The van der Waals surface area contributed by atoms with Crippen LogP contribution in [0.1, 0.15) is 18.4 Å². The third-order valence-corrected chi connectivity index (χ3v) is 2.03. The van der Waals surface area contributed by atoms with E-state index in [1.165, 1.54) is 19.1 Å². The number of carboxylic acids is 1. The first-order chi connectivity index (χ1) is 6.02. The lowest BCUT2D eigenvalue weighted by Gasteiger charge is -2.07. The molecule has 0 radical (unpaired) electrons. The van der Waals surface area contributed by atoms with Crippen molar-refractivity contribution in [2.45, 2.75) is 12.8 Å². The molecule has 1 atom stereocenters. The standard InChI is InChI=1S/C9H8ClFO2/c1-5(9(12)13)7-3-2-6(10)4-8(7)11/h2-5H,1H3,(H,12,13). The molecule has 70 valence electrons. The molecular formula is C9H8ClFO2. The third-order valence-electron chi connectivity index (χ3n) is 1.80. The highest BCUT2D eigenvalue weighted by Crippen LogP contribution is 2.22. The monoisotopic (exact) mass is 202 g/mol. The highest BCUT2D eigenvalue weighted by atomic mass is 35.5. The van der Waals surface area contributed by atoms with E-state index in [2.05, 4.69) is 0 Å². The van der Waals surface area contributed by atoms with Gasteiger partial charge in [-0.3, -0.25) is 4.79 Å². The summed E-state index contributed by atoms with van der Waals surface area (Å²) in [7, 11) is 0. The topological polar surface area (TPSA) is 37.3 Å². The molecule has 0 heterocycles. The van der Waals surface area contributed by atoms with Crippen LogP contribution >= 0.6 is 11.6 Å². The van der Waals surface area contributed by atoms with Gasteiger partial charge in [-0.2, -0.15) is 0 Å². The van der Waals surface area contributed by atoms with Crippen molar-refractivity contribution >= 4 is 17.6 Å². The maximum atomic E-state index is 13.1. The molecule has 0 bridgehead atoms. The summed E-state index contributed by atoms with van der Waals surface area (Å²) >= 11 is 5.51. The number of carbonyl (C=O) groups is 1. The van der Waals surface area contributed by atoms with Crippen LogP contribution in [0.25, 0.3) is 0 Å².